The molecule has 0 radical (unpaired) electrons. The number of ketones is 1. The smallest absolute Gasteiger partial charge is 0.200 e. The molecule has 0 aliphatic carbocycles. The van der Waals surface area contributed by atoms with Gasteiger partial charge in [0.25, 0.3) is 0 Å². The number of carbonyl (C=O) groups excluding carboxylic acids is 1. The van der Waals surface area contributed by atoms with Crippen LogP contribution in [0, 0.1) is 0 Å². The van der Waals surface area contributed by atoms with E-state index < -0.39 is 0 Å². The van der Waals surface area contributed by atoms with Crippen LogP contribution in [0.15, 0.2) is 67.4 Å². The first-order valence-corrected chi connectivity index (χ1v) is 8.55. The van der Waals surface area contributed by atoms with Crippen molar-refractivity contribution in [3.05, 3.63) is 72.0 Å². The minimum absolute atomic E-state index is 0.101. The molecule has 4 aromatic heterocycles. The first-order valence-electron chi connectivity index (χ1n) is 8.55. The summed E-state index contributed by atoms with van der Waals surface area (Å²) >= 11 is 0. The first kappa shape index (κ1) is 16.3. The molecule has 4 heterocycles. The van der Waals surface area contributed by atoms with Crippen molar-refractivity contribution in [2.45, 2.75) is 26.7 Å². The van der Waals surface area contributed by atoms with Gasteiger partial charge in [0.1, 0.15) is 36.6 Å². The van der Waals surface area contributed by atoms with E-state index in [0.717, 1.165) is 22.3 Å². The molecule has 0 saturated carbocycles. The van der Waals surface area contributed by atoms with Crippen LogP contribution >= 0.6 is 0 Å². The Hall–Kier alpha value is -3.21. The highest BCUT2D eigenvalue weighted by atomic mass is 16.3. The molecule has 0 N–H and O–H groups in total. The van der Waals surface area contributed by atoms with Gasteiger partial charge in [0.15, 0.2) is 5.78 Å². The molecular weight excluding hydrogens is 332 g/mol. The standard InChI is InChI=1S/C21H18O5/c1-3-15-17(11-25-20(15)13-5-7-23-9-13)19(22)18-12-26-21(16(18)4-2)14-6-8-24-10-14/h5-12H,3-4H2,1-2H3. The topological polar surface area (TPSA) is 69.6 Å². The lowest BCUT2D eigenvalue weighted by atomic mass is 9.95. The summed E-state index contributed by atoms with van der Waals surface area (Å²) in [4.78, 5) is 13.2. The third-order valence-electron chi connectivity index (χ3n) is 4.55. The highest BCUT2D eigenvalue weighted by molar-refractivity contribution is 6.12. The molecule has 5 nitrogen and oxygen atoms in total. The van der Waals surface area contributed by atoms with E-state index in [0.29, 0.717) is 35.5 Å². The third kappa shape index (κ3) is 2.52. The van der Waals surface area contributed by atoms with Crippen molar-refractivity contribution in [3.8, 4) is 22.6 Å². The molecule has 0 atom stereocenters. The zero-order valence-electron chi connectivity index (χ0n) is 14.6. The van der Waals surface area contributed by atoms with Gasteiger partial charge < -0.3 is 17.7 Å². The van der Waals surface area contributed by atoms with Crippen LogP contribution in [0.3, 0.4) is 0 Å². The summed E-state index contributed by atoms with van der Waals surface area (Å²) in [7, 11) is 0. The van der Waals surface area contributed by atoms with E-state index in [1.54, 1.807) is 25.1 Å². The molecular formula is C21H18O5. The van der Waals surface area contributed by atoms with Gasteiger partial charge in [-0.2, -0.15) is 0 Å². The highest BCUT2D eigenvalue weighted by Crippen LogP contribution is 2.34. The van der Waals surface area contributed by atoms with Gasteiger partial charge in [0.2, 0.25) is 0 Å². The molecule has 26 heavy (non-hydrogen) atoms. The molecule has 0 unspecified atom stereocenters. The van der Waals surface area contributed by atoms with Crippen LogP contribution in [0.5, 0.6) is 0 Å². The van der Waals surface area contributed by atoms with E-state index in [2.05, 4.69) is 0 Å². The van der Waals surface area contributed by atoms with Crippen molar-refractivity contribution >= 4 is 5.78 Å². The summed E-state index contributed by atoms with van der Waals surface area (Å²) in [6.07, 6.45) is 10.8. The van der Waals surface area contributed by atoms with Crippen molar-refractivity contribution in [1.82, 2.24) is 0 Å². The molecule has 0 spiro atoms. The predicted octanol–water partition coefficient (Wildman–Crippen LogP) is 5.75. The minimum Gasteiger partial charge on any atom is -0.472 e. The molecule has 4 aromatic rings. The fourth-order valence-corrected chi connectivity index (χ4v) is 3.26. The second kappa shape index (κ2) is 6.59. The Kier molecular flexibility index (Phi) is 4.13. The number of furan rings is 4. The van der Waals surface area contributed by atoms with Crippen LogP contribution in [-0.2, 0) is 12.8 Å². The van der Waals surface area contributed by atoms with Crippen molar-refractivity contribution < 1.29 is 22.5 Å². The fourth-order valence-electron chi connectivity index (χ4n) is 3.26. The predicted molar refractivity (Wildman–Crippen MR) is 95.0 cm³/mol. The molecule has 132 valence electrons. The monoisotopic (exact) mass is 350 g/mol. The number of hydrogen-bond donors (Lipinski definition) is 0. The zero-order chi connectivity index (χ0) is 18.1. The van der Waals surface area contributed by atoms with Gasteiger partial charge >= 0.3 is 0 Å². The Labute approximate surface area is 150 Å². The van der Waals surface area contributed by atoms with Crippen molar-refractivity contribution in [2.75, 3.05) is 0 Å². The maximum absolute atomic E-state index is 13.2. The first-order chi connectivity index (χ1) is 12.7. The largest absolute Gasteiger partial charge is 0.472 e. The number of carbonyl (C=O) groups is 1. The lowest BCUT2D eigenvalue weighted by Crippen LogP contribution is -2.05. The van der Waals surface area contributed by atoms with E-state index in [9.17, 15) is 4.79 Å². The maximum Gasteiger partial charge on any atom is 0.200 e. The summed E-state index contributed by atoms with van der Waals surface area (Å²) in [5.41, 5.74) is 4.48. The molecule has 0 fully saturated rings. The Morgan fingerprint density at radius 3 is 1.58 bits per heavy atom. The van der Waals surface area contributed by atoms with Crippen molar-refractivity contribution in [2.24, 2.45) is 0 Å². The Morgan fingerprint density at radius 1 is 0.769 bits per heavy atom. The van der Waals surface area contributed by atoms with Crippen LogP contribution in [0.4, 0.5) is 0 Å². The zero-order valence-corrected chi connectivity index (χ0v) is 14.6. The quantitative estimate of drug-likeness (QED) is 0.414. The third-order valence-corrected chi connectivity index (χ3v) is 4.55. The summed E-state index contributed by atoms with van der Waals surface area (Å²) in [6.45, 7) is 4.00. The summed E-state index contributed by atoms with van der Waals surface area (Å²) in [5, 5.41) is 0. The average molecular weight is 350 g/mol. The molecule has 0 aliphatic rings. The minimum atomic E-state index is -0.101. The van der Waals surface area contributed by atoms with Gasteiger partial charge in [-0.15, -0.1) is 0 Å². The van der Waals surface area contributed by atoms with Gasteiger partial charge in [-0.05, 0) is 25.0 Å². The van der Waals surface area contributed by atoms with Gasteiger partial charge in [-0.3, -0.25) is 4.79 Å². The highest BCUT2D eigenvalue weighted by Gasteiger charge is 2.26. The molecule has 4 rings (SSSR count). The van der Waals surface area contributed by atoms with Crippen molar-refractivity contribution in [1.29, 1.82) is 0 Å². The van der Waals surface area contributed by atoms with Crippen LogP contribution in [0.25, 0.3) is 22.6 Å². The van der Waals surface area contributed by atoms with E-state index >= 15 is 0 Å². The van der Waals surface area contributed by atoms with E-state index in [4.69, 9.17) is 17.7 Å². The van der Waals surface area contributed by atoms with Crippen molar-refractivity contribution in [3.63, 3.8) is 0 Å². The van der Waals surface area contributed by atoms with Gasteiger partial charge in [-0.1, -0.05) is 13.8 Å². The average Bonchev–Trinajstić information content (AvgIpc) is 3.46. The van der Waals surface area contributed by atoms with Crippen LogP contribution < -0.4 is 0 Å². The lowest BCUT2D eigenvalue weighted by Gasteiger charge is -2.03. The van der Waals surface area contributed by atoms with E-state index in [1.807, 2.05) is 26.0 Å². The lowest BCUT2D eigenvalue weighted by molar-refractivity contribution is 0.103. The van der Waals surface area contributed by atoms with E-state index in [1.165, 1.54) is 12.5 Å². The SMILES string of the molecule is CCc1c(C(=O)c2coc(-c3ccoc3)c2CC)coc1-c1ccoc1. The van der Waals surface area contributed by atoms with Gasteiger partial charge in [0.05, 0.1) is 34.8 Å². The molecule has 0 aromatic carbocycles. The van der Waals surface area contributed by atoms with Crippen LogP contribution in [0.1, 0.15) is 40.9 Å². The van der Waals surface area contributed by atoms with Gasteiger partial charge in [0, 0.05) is 11.1 Å². The molecule has 0 aliphatic heterocycles. The Balaban J connectivity index is 1.78. The normalized spacial score (nSPS) is 11.2. The Morgan fingerprint density at radius 2 is 1.23 bits per heavy atom. The second-order valence-electron chi connectivity index (χ2n) is 5.97. The van der Waals surface area contributed by atoms with Crippen LogP contribution in [-0.4, -0.2) is 5.78 Å². The summed E-state index contributed by atoms with van der Waals surface area (Å²) < 4.78 is 21.7. The number of rotatable bonds is 6. The Bertz CT molecular complexity index is 931. The van der Waals surface area contributed by atoms with Gasteiger partial charge in [-0.25, -0.2) is 0 Å². The maximum atomic E-state index is 13.2. The fraction of sp³-hybridized carbons (Fsp3) is 0.190. The molecule has 0 amide bonds. The second-order valence-corrected chi connectivity index (χ2v) is 5.97. The number of hydrogen-bond acceptors (Lipinski definition) is 5. The molecule has 0 bridgehead atoms. The summed E-state index contributed by atoms with van der Waals surface area (Å²) in [5.74, 6) is 1.23. The summed E-state index contributed by atoms with van der Waals surface area (Å²) in [6, 6.07) is 3.64. The van der Waals surface area contributed by atoms with E-state index in [-0.39, 0.29) is 5.78 Å². The molecule has 5 heteroatoms. The van der Waals surface area contributed by atoms with Crippen LogP contribution in [0.2, 0.25) is 0 Å². The molecule has 0 saturated heterocycles.